The summed E-state index contributed by atoms with van der Waals surface area (Å²) in [6.07, 6.45) is 1.15. The number of hydrogen-bond donors (Lipinski definition) is 2. The molecule has 0 spiro atoms. The molecule has 1 aliphatic heterocycles. The van der Waals surface area contributed by atoms with E-state index in [9.17, 15) is 23.3 Å². The van der Waals surface area contributed by atoms with E-state index in [0.717, 1.165) is 6.07 Å². The largest absolute Gasteiger partial charge is 0.355 e. The van der Waals surface area contributed by atoms with Crippen LogP contribution in [0.2, 0.25) is 0 Å². The molecule has 1 saturated heterocycles. The van der Waals surface area contributed by atoms with Crippen LogP contribution < -0.4 is 11.1 Å². The number of non-ortho nitro benzene ring substituents is 1. The first-order valence-electron chi connectivity index (χ1n) is 7.58. The van der Waals surface area contributed by atoms with Gasteiger partial charge in [-0.15, -0.1) is 0 Å². The average molecular weight is 356 g/mol. The Kier molecular flexibility index (Phi) is 5.86. The summed E-state index contributed by atoms with van der Waals surface area (Å²) in [6, 6.07) is 4.92. The van der Waals surface area contributed by atoms with Gasteiger partial charge >= 0.3 is 0 Å². The maximum Gasteiger partial charge on any atom is 0.270 e. The second-order valence-electron chi connectivity index (χ2n) is 5.54. The predicted molar refractivity (Wildman–Crippen MR) is 86.6 cm³/mol. The molecular formula is C14H20N4O5S. The van der Waals surface area contributed by atoms with Crippen molar-refractivity contribution in [1.82, 2.24) is 9.62 Å². The molecule has 0 radical (unpaired) electrons. The fourth-order valence-electron chi connectivity index (χ4n) is 2.62. The molecule has 3 N–H and O–H groups in total. The Morgan fingerprint density at radius 2 is 2.21 bits per heavy atom. The Balaban J connectivity index is 2.18. The van der Waals surface area contributed by atoms with Crippen molar-refractivity contribution < 1.29 is 18.1 Å². The van der Waals surface area contributed by atoms with E-state index in [0.29, 0.717) is 25.9 Å². The highest BCUT2D eigenvalue weighted by Gasteiger charge is 2.33. The number of piperidine rings is 1. The van der Waals surface area contributed by atoms with Crippen molar-refractivity contribution in [3.05, 3.63) is 34.4 Å². The van der Waals surface area contributed by atoms with Crippen molar-refractivity contribution in [1.29, 1.82) is 0 Å². The molecule has 1 heterocycles. The number of nitrogens with zero attached hydrogens (tertiary/aromatic N) is 2. The van der Waals surface area contributed by atoms with Gasteiger partial charge in [0, 0.05) is 38.3 Å². The molecule has 1 fully saturated rings. The van der Waals surface area contributed by atoms with Gasteiger partial charge in [0.05, 0.1) is 15.7 Å². The van der Waals surface area contributed by atoms with Crippen LogP contribution in [0.3, 0.4) is 0 Å². The molecule has 1 amide bonds. The summed E-state index contributed by atoms with van der Waals surface area (Å²) in [7, 11) is -3.88. The molecule has 2 rings (SSSR count). The lowest BCUT2D eigenvalue weighted by Gasteiger charge is -2.31. The maximum absolute atomic E-state index is 12.7. The third-order valence-electron chi connectivity index (χ3n) is 3.86. The topological polar surface area (TPSA) is 136 Å². The summed E-state index contributed by atoms with van der Waals surface area (Å²) in [6.45, 7) is 0.994. The lowest BCUT2D eigenvalue weighted by Crippen LogP contribution is -2.46. The third kappa shape index (κ3) is 4.08. The van der Waals surface area contributed by atoms with Crippen molar-refractivity contribution in [3.8, 4) is 0 Å². The molecule has 0 saturated carbocycles. The normalized spacial score (nSPS) is 19.0. The van der Waals surface area contributed by atoms with E-state index in [4.69, 9.17) is 5.73 Å². The molecule has 9 nitrogen and oxygen atoms in total. The second kappa shape index (κ2) is 7.69. The van der Waals surface area contributed by atoms with E-state index in [-0.39, 0.29) is 29.6 Å². The average Bonchev–Trinajstić information content (AvgIpc) is 2.59. The molecule has 24 heavy (non-hydrogen) atoms. The molecule has 0 aromatic heterocycles. The Bertz CT molecular complexity index is 722. The van der Waals surface area contributed by atoms with Crippen molar-refractivity contribution in [2.45, 2.75) is 17.7 Å². The Hall–Kier alpha value is -2.04. The highest BCUT2D eigenvalue weighted by atomic mass is 32.2. The van der Waals surface area contributed by atoms with Crippen LogP contribution in [0.4, 0.5) is 5.69 Å². The van der Waals surface area contributed by atoms with E-state index in [2.05, 4.69) is 5.32 Å². The summed E-state index contributed by atoms with van der Waals surface area (Å²) in [5.74, 6) is -0.668. The monoisotopic (exact) mass is 356 g/mol. The first-order chi connectivity index (χ1) is 11.4. The zero-order valence-electron chi connectivity index (χ0n) is 13.1. The van der Waals surface area contributed by atoms with Gasteiger partial charge in [0.2, 0.25) is 15.9 Å². The first-order valence-corrected chi connectivity index (χ1v) is 9.02. The minimum Gasteiger partial charge on any atom is -0.355 e. The van der Waals surface area contributed by atoms with Gasteiger partial charge < -0.3 is 11.1 Å². The van der Waals surface area contributed by atoms with Gasteiger partial charge in [0.25, 0.3) is 5.69 Å². The lowest BCUT2D eigenvalue weighted by molar-refractivity contribution is -0.385. The molecular weight excluding hydrogens is 336 g/mol. The van der Waals surface area contributed by atoms with Crippen LogP contribution in [0.25, 0.3) is 0 Å². The highest BCUT2D eigenvalue weighted by Crippen LogP contribution is 2.25. The van der Waals surface area contributed by atoms with Crippen LogP contribution in [0, 0.1) is 16.0 Å². The minimum atomic E-state index is -3.88. The summed E-state index contributed by atoms with van der Waals surface area (Å²) < 4.78 is 26.6. The highest BCUT2D eigenvalue weighted by molar-refractivity contribution is 7.89. The smallest absolute Gasteiger partial charge is 0.270 e. The van der Waals surface area contributed by atoms with E-state index in [1.54, 1.807) is 0 Å². The Morgan fingerprint density at radius 1 is 1.46 bits per heavy atom. The number of rotatable bonds is 6. The fourth-order valence-corrected chi connectivity index (χ4v) is 4.19. The minimum absolute atomic E-state index is 0.0570. The van der Waals surface area contributed by atoms with E-state index in [1.165, 1.54) is 22.5 Å². The van der Waals surface area contributed by atoms with Gasteiger partial charge in [-0.1, -0.05) is 6.07 Å². The van der Waals surface area contributed by atoms with E-state index >= 15 is 0 Å². The maximum atomic E-state index is 12.7. The standard InChI is InChI=1S/C14H20N4O5S/c15-6-7-16-14(19)11-3-2-8-17(10-11)24(22,23)13-5-1-4-12(9-13)18(20)21/h1,4-5,9,11H,2-3,6-8,10,15H2,(H,16,19). The molecule has 1 aromatic carbocycles. The molecule has 132 valence electrons. The first kappa shape index (κ1) is 18.3. The van der Waals surface area contributed by atoms with E-state index in [1.807, 2.05) is 0 Å². The van der Waals surface area contributed by atoms with Crippen molar-refractivity contribution in [3.63, 3.8) is 0 Å². The van der Waals surface area contributed by atoms with Crippen LogP contribution in [-0.2, 0) is 14.8 Å². The van der Waals surface area contributed by atoms with Gasteiger partial charge in [-0.25, -0.2) is 8.42 Å². The molecule has 10 heteroatoms. The number of amides is 1. The van der Waals surface area contributed by atoms with Gasteiger partial charge in [0.15, 0.2) is 0 Å². The van der Waals surface area contributed by atoms with Crippen LogP contribution in [0.15, 0.2) is 29.2 Å². The van der Waals surface area contributed by atoms with Gasteiger partial charge in [-0.2, -0.15) is 4.31 Å². The molecule has 0 aliphatic carbocycles. The second-order valence-corrected chi connectivity index (χ2v) is 7.47. The molecule has 1 aliphatic rings. The summed E-state index contributed by atoms with van der Waals surface area (Å²) in [5, 5.41) is 13.5. The fraction of sp³-hybridized carbons (Fsp3) is 0.500. The number of hydrogen-bond acceptors (Lipinski definition) is 6. The number of nitrogens with two attached hydrogens (primary N) is 1. The van der Waals surface area contributed by atoms with Crippen LogP contribution in [-0.4, -0.2) is 49.7 Å². The number of carbonyl (C=O) groups is 1. The third-order valence-corrected chi connectivity index (χ3v) is 5.73. The van der Waals surface area contributed by atoms with E-state index < -0.39 is 20.9 Å². The Morgan fingerprint density at radius 3 is 2.88 bits per heavy atom. The Labute approximate surface area is 140 Å². The van der Waals surface area contributed by atoms with Crippen LogP contribution in [0.5, 0.6) is 0 Å². The molecule has 1 unspecified atom stereocenters. The number of sulfonamides is 1. The van der Waals surface area contributed by atoms with Crippen LogP contribution in [0.1, 0.15) is 12.8 Å². The summed E-state index contributed by atoms with van der Waals surface area (Å²) in [5.41, 5.74) is 5.05. The quantitative estimate of drug-likeness (QED) is 0.547. The molecule has 0 bridgehead atoms. The zero-order valence-corrected chi connectivity index (χ0v) is 13.9. The number of benzene rings is 1. The lowest BCUT2D eigenvalue weighted by atomic mass is 9.99. The predicted octanol–water partition coefficient (Wildman–Crippen LogP) is 0.0704. The number of carbonyl (C=O) groups excluding carboxylic acids is 1. The van der Waals surface area contributed by atoms with Gasteiger partial charge in [-0.3, -0.25) is 14.9 Å². The van der Waals surface area contributed by atoms with Crippen molar-refractivity contribution >= 4 is 21.6 Å². The number of nitrogens with one attached hydrogen (secondary N) is 1. The summed E-state index contributed by atoms with van der Waals surface area (Å²) in [4.78, 5) is 22.1. The number of nitro benzene ring substituents is 1. The van der Waals surface area contributed by atoms with Crippen molar-refractivity contribution in [2.75, 3.05) is 26.2 Å². The summed E-state index contributed by atoms with van der Waals surface area (Å²) >= 11 is 0. The van der Waals surface area contributed by atoms with Crippen molar-refractivity contribution in [2.24, 2.45) is 11.7 Å². The number of nitro groups is 1. The SMILES string of the molecule is NCCNC(=O)C1CCCN(S(=O)(=O)c2cccc([N+](=O)[O-])c2)C1. The van der Waals surface area contributed by atoms with Gasteiger partial charge in [0.1, 0.15) is 0 Å². The van der Waals surface area contributed by atoms with Crippen LogP contribution >= 0.6 is 0 Å². The molecule has 1 atom stereocenters. The zero-order chi connectivity index (χ0) is 17.7. The molecule has 1 aromatic rings. The van der Waals surface area contributed by atoms with Gasteiger partial charge in [-0.05, 0) is 18.9 Å².